The Bertz CT molecular complexity index is 987. The molecular weight excluding hydrogens is 388 g/mol. The van der Waals surface area contributed by atoms with E-state index in [0.29, 0.717) is 24.4 Å². The summed E-state index contributed by atoms with van der Waals surface area (Å²) in [5.74, 6) is 0.985. The Morgan fingerprint density at radius 2 is 1.84 bits per heavy atom. The van der Waals surface area contributed by atoms with Crippen molar-refractivity contribution in [1.29, 1.82) is 0 Å². The molecule has 6 heteroatoms. The summed E-state index contributed by atoms with van der Waals surface area (Å²) in [7, 11) is 0. The molecule has 6 nitrogen and oxygen atoms in total. The summed E-state index contributed by atoms with van der Waals surface area (Å²) in [5.41, 5.74) is 4.20. The van der Waals surface area contributed by atoms with Crippen molar-refractivity contribution in [3.63, 3.8) is 0 Å². The van der Waals surface area contributed by atoms with Crippen LogP contribution in [0.5, 0.6) is 0 Å². The van der Waals surface area contributed by atoms with Gasteiger partial charge >= 0.3 is 0 Å². The zero-order valence-electron chi connectivity index (χ0n) is 17.9. The van der Waals surface area contributed by atoms with E-state index in [1.54, 1.807) is 6.20 Å². The molecule has 3 heterocycles. The summed E-state index contributed by atoms with van der Waals surface area (Å²) in [6, 6.07) is 8.36. The topological polar surface area (TPSA) is 69.3 Å². The van der Waals surface area contributed by atoms with Gasteiger partial charge in [0.25, 0.3) is 5.91 Å². The van der Waals surface area contributed by atoms with Gasteiger partial charge < -0.3 is 9.80 Å². The second-order valence-corrected chi connectivity index (χ2v) is 9.07. The van der Waals surface area contributed by atoms with Crippen LogP contribution in [0, 0.1) is 5.92 Å². The Hall–Kier alpha value is -2.89. The number of hydrogen-bond donors (Lipinski definition) is 1. The molecule has 0 spiro atoms. The fraction of sp³-hybridized carbons (Fsp3) is 0.480. The van der Waals surface area contributed by atoms with E-state index in [4.69, 9.17) is 0 Å². The van der Waals surface area contributed by atoms with Crippen molar-refractivity contribution >= 4 is 11.8 Å². The maximum Gasteiger partial charge on any atom is 0.257 e. The van der Waals surface area contributed by atoms with Crippen LogP contribution in [-0.4, -0.2) is 51.4 Å². The van der Waals surface area contributed by atoms with Crippen LogP contribution in [0.15, 0.2) is 42.6 Å². The Morgan fingerprint density at radius 3 is 2.61 bits per heavy atom. The second kappa shape index (κ2) is 8.69. The van der Waals surface area contributed by atoms with Gasteiger partial charge in [0.05, 0.1) is 17.5 Å². The van der Waals surface area contributed by atoms with Gasteiger partial charge in [-0.1, -0.05) is 36.4 Å². The number of rotatable bonds is 4. The molecule has 0 saturated carbocycles. The third-order valence-corrected chi connectivity index (χ3v) is 7.12. The Kier molecular flexibility index (Phi) is 5.62. The van der Waals surface area contributed by atoms with Gasteiger partial charge in [-0.05, 0) is 49.1 Å². The largest absolute Gasteiger partial charge is 0.343 e. The molecule has 0 bridgehead atoms. The molecule has 1 N–H and O–H groups in total. The zero-order chi connectivity index (χ0) is 21.2. The van der Waals surface area contributed by atoms with Gasteiger partial charge in [0.2, 0.25) is 5.91 Å². The van der Waals surface area contributed by atoms with Crippen molar-refractivity contribution in [3.05, 3.63) is 65.0 Å². The van der Waals surface area contributed by atoms with E-state index in [2.05, 4.69) is 40.5 Å². The standard InChI is InChI=1S/C25H30N4O2/c30-23(15-18-5-1-2-6-18)28-12-10-20(11-13-28)24-22(16-26-27-24)25(31)29-14-9-19-7-3-4-8-21(19)17-29/h1,3-5,7-8,16,18,20H,2,6,9-15,17H2,(H,26,27)/t18-/m1/s1. The lowest BCUT2D eigenvalue weighted by Gasteiger charge is -2.33. The Morgan fingerprint density at radius 1 is 1.03 bits per heavy atom. The Labute approximate surface area is 183 Å². The lowest BCUT2D eigenvalue weighted by molar-refractivity contribution is -0.132. The molecule has 5 rings (SSSR count). The number of nitrogens with zero attached hydrogens (tertiary/aromatic N) is 3. The van der Waals surface area contributed by atoms with Crippen molar-refractivity contribution in [2.45, 2.75) is 51.0 Å². The first kappa shape index (κ1) is 20.0. The zero-order valence-corrected chi connectivity index (χ0v) is 17.9. The van der Waals surface area contributed by atoms with Gasteiger partial charge in [-0.15, -0.1) is 0 Å². The number of piperidine rings is 1. The number of amides is 2. The number of fused-ring (bicyclic) bond motifs is 1. The minimum Gasteiger partial charge on any atom is -0.343 e. The summed E-state index contributed by atoms with van der Waals surface area (Å²) >= 11 is 0. The van der Waals surface area contributed by atoms with Crippen molar-refractivity contribution in [2.75, 3.05) is 19.6 Å². The quantitative estimate of drug-likeness (QED) is 0.771. The molecule has 162 valence electrons. The van der Waals surface area contributed by atoms with E-state index >= 15 is 0 Å². The van der Waals surface area contributed by atoms with Crippen molar-refractivity contribution < 1.29 is 9.59 Å². The first-order valence-corrected chi connectivity index (χ1v) is 11.5. The summed E-state index contributed by atoms with van der Waals surface area (Å²) in [4.78, 5) is 29.9. The highest BCUT2D eigenvalue weighted by Crippen LogP contribution is 2.31. The van der Waals surface area contributed by atoms with Crippen LogP contribution in [0.2, 0.25) is 0 Å². The molecule has 1 aliphatic carbocycles. The fourth-order valence-corrected chi connectivity index (χ4v) is 5.25. The SMILES string of the molecule is O=C(C[C@@H]1C=CCC1)N1CCC(c2[nH]ncc2C(=O)N2CCc3ccccc3C2)CC1. The van der Waals surface area contributed by atoms with Gasteiger partial charge in [0.15, 0.2) is 0 Å². The Balaban J connectivity index is 1.21. The highest BCUT2D eigenvalue weighted by molar-refractivity contribution is 5.95. The number of carbonyl (C=O) groups excluding carboxylic acids is 2. The number of allylic oxidation sites excluding steroid dienone is 2. The fourth-order valence-electron chi connectivity index (χ4n) is 5.25. The number of aromatic amines is 1. The smallest absolute Gasteiger partial charge is 0.257 e. The molecule has 2 amide bonds. The van der Waals surface area contributed by atoms with Crippen LogP contribution < -0.4 is 0 Å². The van der Waals surface area contributed by atoms with Crippen LogP contribution in [-0.2, 0) is 17.8 Å². The highest BCUT2D eigenvalue weighted by atomic mass is 16.2. The van der Waals surface area contributed by atoms with Gasteiger partial charge in [-0.3, -0.25) is 14.7 Å². The van der Waals surface area contributed by atoms with Crippen LogP contribution in [0.1, 0.15) is 65.2 Å². The third kappa shape index (κ3) is 4.16. The number of carbonyl (C=O) groups is 2. The van der Waals surface area contributed by atoms with Crippen LogP contribution in [0.4, 0.5) is 0 Å². The third-order valence-electron chi connectivity index (χ3n) is 7.12. The summed E-state index contributed by atoms with van der Waals surface area (Å²) in [5, 5.41) is 7.33. The average Bonchev–Trinajstić information content (AvgIpc) is 3.50. The van der Waals surface area contributed by atoms with E-state index in [9.17, 15) is 9.59 Å². The molecule has 1 aromatic carbocycles. The van der Waals surface area contributed by atoms with E-state index < -0.39 is 0 Å². The molecular formula is C25H30N4O2. The normalized spacial score (nSPS) is 21.4. The minimum absolute atomic E-state index is 0.0600. The van der Waals surface area contributed by atoms with Crippen molar-refractivity contribution in [1.82, 2.24) is 20.0 Å². The predicted molar refractivity (Wildman–Crippen MR) is 119 cm³/mol. The number of benzene rings is 1. The molecule has 1 fully saturated rings. The lowest BCUT2D eigenvalue weighted by Crippen LogP contribution is -2.39. The van der Waals surface area contributed by atoms with E-state index in [1.807, 2.05) is 15.9 Å². The average molecular weight is 419 g/mol. The van der Waals surface area contributed by atoms with Crippen molar-refractivity contribution in [3.8, 4) is 0 Å². The molecule has 31 heavy (non-hydrogen) atoms. The molecule has 1 atom stereocenters. The van der Waals surface area contributed by atoms with Gasteiger partial charge in [-0.2, -0.15) is 5.10 Å². The molecule has 0 unspecified atom stereocenters. The van der Waals surface area contributed by atoms with E-state index in [0.717, 1.165) is 57.4 Å². The van der Waals surface area contributed by atoms with Gasteiger partial charge in [0.1, 0.15) is 0 Å². The van der Waals surface area contributed by atoms with Gasteiger partial charge in [0, 0.05) is 38.5 Å². The lowest BCUT2D eigenvalue weighted by atomic mass is 9.90. The molecule has 2 aromatic rings. The monoisotopic (exact) mass is 418 g/mol. The number of hydrogen-bond acceptors (Lipinski definition) is 3. The maximum atomic E-state index is 13.3. The first-order valence-electron chi connectivity index (χ1n) is 11.5. The maximum absolute atomic E-state index is 13.3. The van der Waals surface area contributed by atoms with Crippen LogP contribution in [0.3, 0.4) is 0 Å². The molecule has 2 aliphatic heterocycles. The summed E-state index contributed by atoms with van der Waals surface area (Å²) in [6.07, 6.45) is 11.5. The number of aromatic nitrogens is 2. The van der Waals surface area contributed by atoms with Gasteiger partial charge in [-0.25, -0.2) is 0 Å². The summed E-state index contributed by atoms with van der Waals surface area (Å²) < 4.78 is 0. The molecule has 3 aliphatic rings. The number of likely N-dealkylation sites (tertiary alicyclic amines) is 1. The number of nitrogens with one attached hydrogen (secondary N) is 1. The molecule has 1 saturated heterocycles. The highest BCUT2D eigenvalue weighted by Gasteiger charge is 2.31. The minimum atomic E-state index is 0.0600. The summed E-state index contributed by atoms with van der Waals surface area (Å²) in [6.45, 7) is 2.90. The van der Waals surface area contributed by atoms with E-state index in [1.165, 1.54) is 11.1 Å². The van der Waals surface area contributed by atoms with Crippen molar-refractivity contribution in [2.24, 2.45) is 5.92 Å². The first-order chi connectivity index (χ1) is 15.2. The molecule has 1 aromatic heterocycles. The molecule has 0 radical (unpaired) electrons. The van der Waals surface area contributed by atoms with Crippen LogP contribution >= 0.6 is 0 Å². The number of H-pyrrole nitrogens is 1. The predicted octanol–water partition coefficient (Wildman–Crippen LogP) is 3.67. The second-order valence-electron chi connectivity index (χ2n) is 9.07. The van der Waals surface area contributed by atoms with E-state index in [-0.39, 0.29) is 17.7 Å². The van der Waals surface area contributed by atoms with Crippen LogP contribution in [0.25, 0.3) is 0 Å².